The largest absolute Gasteiger partial charge is 0.354 e. The van der Waals surface area contributed by atoms with Crippen molar-refractivity contribution in [1.29, 1.82) is 0 Å². The number of nitrogens with two attached hydrogens (primary N) is 1. The number of carbonyl (C=O) groups is 2. The average Bonchev–Trinajstić information content (AvgIpc) is 3.20. The van der Waals surface area contributed by atoms with Crippen LogP contribution in [-0.2, 0) is 4.79 Å². The van der Waals surface area contributed by atoms with E-state index in [1.807, 2.05) is 12.1 Å². The van der Waals surface area contributed by atoms with Crippen LogP contribution in [0.2, 0.25) is 0 Å². The summed E-state index contributed by atoms with van der Waals surface area (Å²) >= 11 is 0. The summed E-state index contributed by atoms with van der Waals surface area (Å²) in [6, 6.07) is 10.2. The molecule has 0 radical (unpaired) electrons. The molecule has 1 heterocycles. The van der Waals surface area contributed by atoms with Crippen LogP contribution in [0.4, 0.5) is 5.69 Å². The number of aromatic nitrogens is 1. The predicted molar refractivity (Wildman–Crippen MR) is 105 cm³/mol. The number of nitrogens with one attached hydrogen (secondary N) is 2. The standard InChI is InChI=1S/C21H24N4O2/c22-19(14-24-20(26)13-15-3-1-2-4-15)16-5-7-17(8-6-16)21(27)25-18-9-11-23-12-10-18/h1,3,5-12,15,19H,2,4,13-14,22H2,(H,24,26)(H,23,25,27). The number of hydrogen-bond acceptors (Lipinski definition) is 4. The van der Waals surface area contributed by atoms with Crippen molar-refractivity contribution in [3.05, 3.63) is 72.1 Å². The van der Waals surface area contributed by atoms with Gasteiger partial charge in [0.25, 0.3) is 5.91 Å². The molecular weight excluding hydrogens is 340 g/mol. The molecule has 0 aliphatic heterocycles. The highest BCUT2D eigenvalue weighted by atomic mass is 16.2. The fourth-order valence-electron chi connectivity index (χ4n) is 3.04. The third-order valence-corrected chi connectivity index (χ3v) is 4.62. The van der Waals surface area contributed by atoms with Crippen molar-refractivity contribution in [1.82, 2.24) is 10.3 Å². The number of allylic oxidation sites excluding steroid dienone is 2. The highest BCUT2D eigenvalue weighted by Gasteiger charge is 2.15. The molecule has 0 fully saturated rings. The molecule has 6 nitrogen and oxygen atoms in total. The van der Waals surface area contributed by atoms with Gasteiger partial charge in [0.1, 0.15) is 0 Å². The first-order chi connectivity index (χ1) is 13.1. The van der Waals surface area contributed by atoms with Crippen molar-refractivity contribution >= 4 is 17.5 Å². The van der Waals surface area contributed by atoms with Gasteiger partial charge in [-0.2, -0.15) is 0 Å². The Bertz CT molecular complexity index is 803. The summed E-state index contributed by atoms with van der Waals surface area (Å²) in [6.07, 6.45) is 10.1. The lowest BCUT2D eigenvalue weighted by Crippen LogP contribution is -2.32. The van der Waals surface area contributed by atoms with Gasteiger partial charge in [0.2, 0.25) is 5.91 Å². The number of anilines is 1. The number of rotatable bonds is 7. The molecule has 2 amide bonds. The van der Waals surface area contributed by atoms with E-state index < -0.39 is 0 Å². The van der Waals surface area contributed by atoms with E-state index in [1.165, 1.54) is 0 Å². The molecule has 2 atom stereocenters. The van der Waals surface area contributed by atoms with E-state index in [0.29, 0.717) is 30.1 Å². The van der Waals surface area contributed by atoms with Gasteiger partial charge in [-0.1, -0.05) is 24.3 Å². The minimum absolute atomic E-state index is 0.0235. The Labute approximate surface area is 158 Å². The lowest BCUT2D eigenvalue weighted by Gasteiger charge is -2.15. The minimum Gasteiger partial charge on any atom is -0.354 e. The highest BCUT2D eigenvalue weighted by Crippen LogP contribution is 2.20. The number of nitrogens with zero attached hydrogens (tertiary/aromatic N) is 1. The highest BCUT2D eigenvalue weighted by molar-refractivity contribution is 6.04. The van der Waals surface area contributed by atoms with Crippen LogP contribution in [-0.4, -0.2) is 23.3 Å². The first-order valence-corrected chi connectivity index (χ1v) is 9.12. The van der Waals surface area contributed by atoms with E-state index in [0.717, 1.165) is 18.4 Å². The van der Waals surface area contributed by atoms with Crippen LogP contribution >= 0.6 is 0 Å². The van der Waals surface area contributed by atoms with Crippen LogP contribution in [0.3, 0.4) is 0 Å². The van der Waals surface area contributed by atoms with E-state index in [1.54, 1.807) is 36.7 Å². The molecule has 0 bridgehead atoms. The summed E-state index contributed by atoms with van der Waals surface area (Å²) in [5.41, 5.74) is 8.27. The summed E-state index contributed by atoms with van der Waals surface area (Å²) in [5, 5.41) is 5.70. The second-order valence-corrected chi connectivity index (χ2v) is 6.69. The quantitative estimate of drug-likeness (QED) is 0.658. The topological polar surface area (TPSA) is 97.1 Å². The molecule has 2 aromatic rings. The average molecular weight is 364 g/mol. The maximum absolute atomic E-state index is 12.2. The number of carbonyl (C=O) groups excluding carboxylic acids is 2. The molecule has 0 saturated heterocycles. The van der Waals surface area contributed by atoms with Gasteiger partial charge < -0.3 is 16.4 Å². The molecule has 4 N–H and O–H groups in total. The molecule has 1 aliphatic carbocycles. The SMILES string of the molecule is NC(CNC(=O)CC1C=CCC1)c1ccc(C(=O)Nc2ccncc2)cc1. The van der Waals surface area contributed by atoms with Crippen LogP contribution < -0.4 is 16.4 Å². The zero-order valence-electron chi connectivity index (χ0n) is 15.1. The molecule has 140 valence electrons. The summed E-state index contributed by atoms with van der Waals surface area (Å²) in [6.45, 7) is 0.373. The van der Waals surface area contributed by atoms with Gasteiger partial charge in [-0.25, -0.2) is 0 Å². The first kappa shape index (κ1) is 18.8. The molecule has 1 aromatic heterocycles. The first-order valence-electron chi connectivity index (χ1n) is 9.12. The maximum Gasteiger partial charge on any atom is 0.255 e. The van der Waals surface area contributed by atoms with Crippen LogP contribution in [0.5, 0.6) is 0 Å². The molecule has 1 aromatic carbocycles. The zero-order chi connectivity index (χ0) is 19.1. The Balaban J connectivity index is 1.49. The molecule has 27 heavy (non-hydrogen) atoms. The minimum atomic E-state index is -0.314. The van der Waals surface area contributed by atoms with E-state index in [4.69, 9.17) is 5.73 Å². The van der Waals surface area contributed by atoms with Crippen LogP contribution in [0.15, 0.2) is 60.9 Å². The van der Waals surface area contributed by atoms with Crippen molar-refractivity contribution in [3.8, 4) is 0 Å². The number of pyridine rings is 1. The van der Waals surface area contributed by atoms with E-state index >= 15 is 0 Å². The number of amides is 2. The van der Waals surface area contributed by atoms with Crippen LogP contribution in [0.25, 0.3) is 0 Å². The molecule has 3 rings (SSSR count). The van der Waals surface area contributed by atoms with Crippen molar-refractivity contribution in [3.63, 3.8) is 0 Å². The van der Waals surface area contributed by atoms with Gasteiger partial charge in [-0.3, -0.25) is 14.6 Å². The van der Waals surface area contributed by atoms with Gasteiger partial charge in [0.05, 0.1) is 0 Å². The Morgan fingerprint density at radius 3 is 2.56 bits per heavy atom. The smallest absolute Gasteiger partial charge is 0.255 e. The fraction of sp³-hybridized carbons (Fsp3) is 0.286. The van der Waals surface area contributed by atoms with Crippen molar-refractivity contribution < 1.29 is 9.59 Å². The summed E-state index contributed by atoms with van der Waals surface area (Å²) < 4.78 is 0. The van der Waals surface area contributed by atoms with Crippen molar-refractivity contribution in [2.24, 2.45) is 11.7 Å². The van der Waals surface area contributed by atoms with Gasteiger partial charge in [-0.15, -0.1) is 0 Å². The van der Waals surface area contributed by atoms with Gasteiger partial charge in [-0.05, 0) is 48.6 Å². The van der Waals surface area contributed by atoms with Crippen LogP contribution in [0.1, 0.15) is 41.2 Å². The summed E-state index contributed by atoms with van der Waals surface area (Å²) in [7, 11) is 0. The summed E-state index contributed by atoms with van der Waals surface area (Å²) in [4.78, 5) is 28.2. The molecule has 0 spiro atoms. The third kappa shape index (κ3) is 5.49. The van der Waals surface area contributed by atoms with Crippen molar-refractivity contribution in [2.75, 3.05) is 11.9 Å². The normalized spacial score (nSPS) is 16.7. The second-order valence-electron chi connectivity index (χ2n) is 6.69. The molecule has 1 aliphatic rings. The lowest BCUT2D eigenvalue weighted by molar-refractivity contribution is -0.121. The van der Waals surface area contributed by atoms with E-state index in [-0.39, 0.29) is 17.9 Å². The monoisotopic (exact) mass is 364 g/mol. The Morgan fingerprint density at radius 1 is 1.15 bits per heavy atom. The van der Waals surface area contributed by atoms with E-state index in [9.17, 15) is 9.59 Å². The van der Waals surface area contributed by atoms with Crippen LogP contribution in [0, 0.1) is 5.92 Å². The molecule has 6 heteroatoms. The van der Waals surface area contributed by atoms with Gasteiger partial charge in [0.15, 0.2) is 0 Å². The Morgan fingerprint density at radius 2 is 1.89 bits per heavy atom. The molecular formula is C21H24N4O2. The molecule has 2 unspecified atom stereocenters. The predicted octanol–water partition coefficient (Wildman–Crippen LogP) is 2.81. The summed E-state index contributed by atoms with van der Waals surface area (Å²) in [5.74, 6) is 0.175. The van der Waals surface area contributed by atoms with Gasteiger partial charge in [0, 0.05) is 42.7 Å². The molecule has 0 saturated carbocycles. The third-order valence-electron chi connectivity index (χ3n) is 4.62. The fourth-order valence-corrected chi connectivity index (χ4v) is 3.04. The second kappa shape index (κ2) is 9.09. The Hall–Kier alpha value is -2.99. The number of hydrogen-bond donors (Lipinski definition) is 3. The van der Waals surface area contributed by atoms with Crippen molar-refractivity contribution in [2.45, 2.75) is 25.3 Å². The number of benzene rings is 1. The van der Waals surface area contributed by atoms with Gasteiger partial charge >= 0.3 is 0 Å². The Kier molecular flexibility index (Phi) is 6.33. The maximum atomic E-state index is 12.2. The van der Waals surface area contributed by atoms with E-state index in [2.05, 4.69) is 27.8 Å². The zero-order valence-corrected chi connectivity index (χ0v) is 15.1. The lowest BCUT2D eigenvalue weighted by atomic mass is 10.0.